The summed E-state index contributed by atoms with van der Waals surface area (Å²) in [4.78, 5) is 4.95. The molecule has 1 saturated heterocycles. The molecular formula is C14H31N3O. The van der Waals surface area contributed by atoms with Crippen molar-refractivity contribution in [3.63, 3.8) is 0 Å². The van der Waals surface area contributed by atoms with Crippen LogP contribution in [0.3, 0.4) is 0 Å². The van der Waals surface area contributed by atoms with Crippen molar-refractivity contribution in [3.05, 3.63) is 0 Å². The van der Waals surface area contributed by atoms with E-state index in [-0.39, 0.29) is 0 Å². The summed E-state index contributed by atoms with van der Waals surface area (Å²) in [6, 6.07) is 0. The average molecular weight is 257 g/mol. The number of nitrogens with one attached hydrogen (secondary N) is 1. The van der Waals surface area contributed by atoms with Gasteiger partial charge < -0.3 is 15.0 Å². The van der Waals surface area contributed by atoms with Gasteiger partial charge in [0.1, 0.15) is 0 Å². The van der Waals surface area contributed by atoms with Gasteiger partial charge in [-0.25, -0.2) is 0 Å². The Hall–Kier alpha value is -0.160. The van der Waals surface area contributed by atoms with Crippen LogP contribution in [0.5, 0.6) is 0 Å². The number of likely N-dealkylation sites (N-methyl/N-ethyl adjacent to an activating group) is 1. The lowest BCUT2D eigenvalue weighted by atomic mass is 9.90. The van der Waals surface area contributed by atoms with E-state index in [9.17, 15) is 0 Å². The molecule has 0 aromatic carbocycles. The Bertz CT molecular complexity index is 213. The van der Waals surface area contributed by atoms with E-state index in [1.165, 1.54) is 32.7 Å². The second-order valence-corrected chi connectivity index (χ2v) is 6.23. The monoisotopic (exact) mass is 257 g/mol. The molecular weight excluding hydrogens is 226 g/mol. The fraction of sp³-hybridized carbons (Fsp3) is 1.00. The van der Waals surface area contributed by atoms with Gasteiger partial charge in [0.05, 0.1) is 0 Å². The van der Waals surface area contributed by atoms with Crippen LogP contribution in [0.2, 0.25) is 0 Å². The number of rotatable bonds is 8. The fourth-order valence-corrected chi connectivity index (χ4v) is 2.20. The molecule has 1 N–H and O–H groups in total. The average Bonchev–Trinajstić information content (AvgIpc) is 2.34. The van der Waals surface area contributed by atoms with Crippen molar-refractivity contribution >= 4 is 0 Å². The van der Waals surface area contributed by atoms with Crippen LogP contribution in [0, 0.1) is 5.41 Å². The van der Waals surface area contributed by atoms with Crippen molar-refractivity contribution in [2.24, 2.45) is 5.41 Å². The maximum atomic E-state index is 5.15. The predicted molar refractivity (Wildman–Crippen MR) is 77.1 cm³/mol. The molecule has 0 aromatic rings. The maximum Gasteiger partial charge on any atom is 0.0467 e. The lowest BCUT2D eigenvalue weighted by Gasteiger charge is -2.32. The van der Waals surface area contributed by atoms with E-state index < -0.39 is 0 Å². The highest BCUT2D eigenvalue weighted by Crippen LogP contribution is 2.18. The van der Waals surface area contributed by atoms with Gasteiger partial charge in [0, 0.05) is 59.5 Å². The van der Waals surface area contributed by atoms with Crippen LogP contribution < -0.4 is 5.32 Å². The summed E-state index contributed by atoms with van der Waals surface area (Å²) in [5.41, 5.74) is 0.331. The predicted octanol–water partition coefficient (Wildman–Crippen LogP) is 0.886. The SMILES string of the molecule is COCCC(C)(C)CNCCN1CCN(C)CC1. The van der Waals surface area contributed by atoms with Crippen LogP contribution >= 0.6 is 0 Å². The van der Waals surface area contributed by atoms with Crippen LogP contribution in [0.4, 0.5) is 0 Å². The van der Waals surface area contributed by atoms with E-state index in [0.29, 0.717) is 5.41 Å². The molecule has 0 aliphatic carbocycles. The minimum atomic E-state index is 0.331. The molecule has 108 valence electrons. The molecule has 1 fully saturated rings. The molecule has 0 spiro atoms. The topological polar surface area (TPSA) is 27.7 Å². The van der Waals surface area contributed by atoms with E-state index in [4.69, 9.17) is 4.74 Å². The number of nitrogens with zero attached hydrogens (tertiary/aromatic N) is 2. The molecule has 4 nitrogen and oxygen atoms in total. The zero-order valence-corrected chi connectivity index (χ0v) is 12.7. The lowest BCUT2D eigenvalue weighted by Crippen LogP contribution is -2.47. The molecule has 0 radical (unpaired) electrons. The van der Waals surface area contributed by atoms with E-state index in [1.54, 1.807) is 7.11 Å². The Kier molecular flexibility index (Phi) is 7.15. The van der Waals surface area contributed by atoms with Gasteiger partial charge in [-0.1, -0.05) is 13.8 Å². The summed E-state index contributed by atoms with van der Waals surface area (Å²) in [5, 5.41) is 3.58. The molecule has 18 heavy (non-hydrogen) atoms. The Morgan fingerprint density at radius 2 is 1.83 bits per heavy atom. The van der Waals surface area contributed by atoms with Crippen molar-refractivity contribution in [1.82, 2.24) is 15.1 Å². The molecule has 0 atom stereocenters. The summed E-state index contributed by atoms with van der Waals surface area (Å²) in [6.07, 6.45) is 1.12. The van der Waals surface area contributed by atoms with Crippen molar-refractivity contribution < 1.29 is 4.74 Å². The molecule has 0 bridgehead atoms. The molecule has 1 aliphatic heterocycles. The molecule has 1 aliphatic rings. The van der Waals surface area contributed by atoms with E-state index in [2.05, 4.69) is 36.0 Å². The van der Waals surface area contributed by atoms with Crippen molar-refractivity contribution in [2.75, 3.05) is 66.6 Å². The highest BCUT2D eigenvalue weighted by Gasteiger charge is 2.17. The van der Waals surface area contributed by atoms with Gasteiger partial charge in [0.15, 0.2) is 0 Å². The summed E-state index contributed by atoms with van der Waals surface area (Å²) >= 11 is 0. The highest BCUT2D eigenvalue weighted by atomic mass is 16.5. The third-order valence-corrected chi connectivity index (χ3v) is 3.79. The summed E-state index contributed by atoms with van der Waals surface area (Å²) in [7, 11) is 3.98. The number of methoxy groups -OCH3 is 1. The standard InChI is InChI=1S/C14H31N3O/c1-14(2,5-12-18-4)13-15-6-7-17-10-8-16(3)9-11-17/h15H,5-13H2,1-4H3. The fourth-order valence-electron chi connectivity index (χ4n) is 2.20. The largest absolute Gasteiger partial charge is 0.385 e. The van der Waals surface area contributed by atoms with E-state index in [0.717, 1.165) is 26.1 Å². The summed E-state index contributed by atoms with van der Waals surface area (Å²) in [5.74, 6) is 0. The van der Waals surface area contributed by atoms with Gasteiger partial charge in [-0.15, -0.1) is 0 Å². The van der Waals surface area contributed by atoms with Gasteiger partial charge in [-0.3, -0.25) is 4.90 Å². The van der Waals surface area contributed by atoms with E-state index in [1.807, 2.05) is 0 Å². The first kappa shape index (κ1) is 15.9. The Labute approximate surface area is 113 Å². The molecule has 4 heteroatoms. The first-order valence-electron chi connectivity index (χ1n) is 7.14. The molecule has 0 saturated carbocycles. The molecule has 1 heterocycles. The first-order chi connectivity index (χ1) is 8.53. The minimum absolute atomic E-state index is 0.331. The van der Waals surface area contributed by atoms with Crippen molar-refractivity contribution in [1.29, 1.82) is 0 Å². The number of ether oxygens (including phenoxy) is 1. The number of hydrogen-bond acceptors (Lipinski definition) is 4. The zero-order valence-electron chi connectivity index (χ0n) is 12.7. The highest BCUT2D eigenvalue weighted by molar-refractivity contribution is 4.73. The Balaban J connectivity index is 2.04. The summed E-state index contributed by atoms with van der Waals surface area (Å²) in [6.45, 7) is 13.6. The zero-order chi connectivity index (χ0) is 13.4. The molecule has 0 amide bonds. The third kappa shape index (κ3) is 6.69. The van der Waals surface area contributed by atoms with Gasteiger partial charge in [-0.2, -0.15) is 0 Å². The van der Waals surface area contributed by atoms with Gasteiger partial charge in [-0.05, 0) is 18.9 Å². The normalized spacial score (nSPS) is 19.3. The second-order valence-electron chi connectivity index (χ2n) is 6.23. The molecule has 1 rings (SSSR count). The van der Waals surface area contributed by atoms with Crippen LogP contribution in [0.15, 0.2) is 0 Å². The Morgan fingerprint density at radius 1 is 1.17 bits per heavy atom. The van der Waals surface area contributed by atoms with Crippen molar-refractivity contribution in [3.8, 4) is 0 Å². The third-order valence-electron chi connectivity index (χ3n) is 3.79. The first-order valence-corrected chi connectivity index (χ1v) is 7.14. The van der Waals surface area contributed by atoms with Crippen LogP contribution in [0.1, 0.15) is 20.3 Å². The number of piperazine rings is 1. The lowest BCUT2D eigenvalue weighted by molar-refractivity contribution is 0.143. The maximum absolute atomic E-state index is 5.15. The van der Waals surface area contributed by atoms with Crippen LogP contribution in [-0.2, 0) is 4.74 Å². The van der Waals surface area contributed by atoms with Crippen LogP contribution in [0.25, 0.3) is 0 Å². The molecule has 0 unspecified atom stereocenters. The summed E-state index contributed by atoms with van der Waals surface area (Å²) < 4.78 is 5.15. The smallest absolute Gasteiger partial charge is 0.0467 e. The molecule has 0 aromatic heterocycles. The quantitative estimate of drug-likeness (QED) is 0.654. The van der Waals surface area contributed by atoms with Crippen molar-refractivity contribution in [2.45, 2.75) is 20.3 Å². The van der Waals surface area contributed by atoms with Gasteiger partial charge in [0.2, 0.25) is 0 Å². The second kappa shape index (κ2) is 8.10. The van der Waals surface area contributed by atoms with Gasteiger partial charge >= 0.3 is 0 Å². The number of hydrogen-bond donors (Lipinski definition) is 1. The van der Waals surface area contributed by atoms with Crippen LogP contribution in [-0.4, -0.2) is 76.4 Å². The van der Waals surface area contributed by atoms with E-state index >= 15 is 0 Å². The van der Waals surface area contributed by atoms with Gasteiger partial charge in [0.25, 0.3) is 0 Å². The minimum Gasteiger partial charge on any atom is -0.385 e. The Morgan fingerprint density at radius 3 is 2.44 bits per heavy atom.